The van der Waals surface area contributed by atoms with Crippen LogP contribution in [0.2, 0.25) is 5.02 Å². The number of anilines is 2. The predicted molar refractivity (Wildman–Crippen MR) is 108 cm³/mol. The predicted octanol–water partition coefficient (Wildman–Crippen LogP) is 4.58. The van der Waals surface area contributed by atoms with Gasteiger partial charge in [0.25, 0.3) is 0 Å². The highest BCUT2D eigenvalue weighted by Crippen LogP contribution is 2.41. The zero-order valence-electron chi connectivity index (χ0n) is 15.9. The van der Waals surface area contributed by atoms with Crippen molar-refractivity contribution in [3.8, 4) is 34.3 Å². The second-order valence-corrected chi connectivity index (χ2v) is 6.06. The lowest BCUT2D eigenvalue weighted by Crippen LogP contribution is -1.99. The summed E-state index contributed by atoms with van der Waals surface area (Å²) in [4.78, 5) is 8.84. The van der Waals surface area contributed by atoms with E-state index in [-0.39, 0.29) is 0 Å². The van der Waals surface area contributed by atoms with E-state index in [4.69, 9.17) is 30.5 Å². The normalized spacial score (nSPS) is 10.3. The van der Waals surface area contributed by atoms with Gasteiger partial charge in [-0.3, -0.25) is 0 Å². The molecule has 0 saturated heterocycles. The summed E-state index contributed by atoms with van der Waals surface area (Å²) in [5, 5.41) is 3.63. The summed E-state index contributed by atoms with van der Waals surface area (Å²) in [6.45, 7) is 0. The SMILES string of the molecule is COc1ccc(Nc2nccc(-c3cc(OC)c(OC)c(OC)c3)n2)cc1Cl. The molecule has 0 spiro atoms. The number of ether oxygens (including phenoxy) is 4. The molecule has 0 atom stereocenters. The molecule has 3 aromatic rings. The topological polar surface area (TPSA) is 74.7 Å². The molecule has 1 aromatic heterocycles. The molecule has 1 heterocycles. The smallest absolute Gasteiger partial charge is 0.227 e. The fraction of sp³-hybridized carbons (Fsp3) is 0.200. The fourth-order valence-corrected chi connectivity index (χ4v) is 2.94. The Morgan fingerprint density at radius 1 is 0.821 bits per heavy atom. The van der Waals surface area contributed by atoms with Crippen LogP contribution in [0.3, 0.4) is 0 Å². The molecule has 28 heavy (non-hydrogen) atoms. The Hall–Kier alpha value is -3.19. The molecule has 0 radical (unpaired) electrons. The third kappa shape index (κ3) is 4.04. The van der Waals surface area contributed by atoms with Crippen LogP contribution < -0.4 is 24.3 Å². The van der Waals surface area contributed by atoms with Gasteiger partial charge in [0.2, 0.25) is 11.7 Å². The lowest BCUT2D eigenvalue weighted by atomic mass is 10.1. The maximum absolute atomic E-state index is 6.17. The monoisotopic (exact) mass is 401 g/mol. The van der Waals surface area contributed by atoms with E-state index >= 15 is 0 Å². The van der Waals surface area contributed by atoms with Crippen LogP contribution in [0, 0.1) is 0 Å². The van der Waals surface area contributed by atoms with Gasteiger partial charge in [-0.15, -0.1) is 0 Å². The van der Waals surface area contributed by atoms with Crippen LogP contribution in [-0.4, -0.2) is 38.4 Å². The van der Waals surface area contributed by atoms with Gasteiger partial charge in [-0.25, -0.2) is 9.97 Å². The number of halogens is 1. The third-order valence-corrected chi connectivity index (χ3v) is 4.32. The Morgan fingerprint density at radius 3 is 2.07 bits per heavy atom. The maximum Gasteiger partial charge on any atom is 0.227 e. The van der Waals surface area contributed by atoms with Gasteiger partial charge in [0.05, 0.1) is 39.2 Å². The second-order valence-electron chi connectivity index (χ2n) is 5.65. The molecule has 7 nitrogen and oxygen atoms in total. The minimum Gasteiger partial charge on any atom is -0.495 e. The Morgan fingerprint density at radius 2 is 1.50 bits per heavy atom. The van der Waals surface area contributed by atoms with Crippen molar-refractivity contribution in [1.82, 2.24) is 9.97 Å². The van der Waals surface area contributed by atoms with Gasteiger partial charge >= 0.3 is 0 Å². The molecule has 0 aliphatic heterocycles. The summed E-state index contributed by atoms with van der Waals surface area (Å²) >= 11 is 6.17. The summed E-state index contributed by atoms with van der Waals surface area (Å²) in [6, 6.07) is 10.8. The molecule has 146 valence electrons. The molecule has 0 unspecified atom stereocenters. The van der Waals surface area contributed by atoms with Gasteiger partial charge in [-0.2, -0.15) is 0 Å². The quantitative estimate of drug-likeness (QED) is 0.621. The van der Waals surface area contributed by atoms with Crippen molar-refractivity contribution >= 4 is 23.2 Å². The van der Waals surface area contributed by atoms with Gasteiger partial charge in [-0.05, 0) is 36.4 Å². The molecule has 0 aliphatic rings. The number of nitrogens with one attached hydrogen (secondary N) is 1. The lowest BCUT2D eigenvalue weighted by molar-refractivity contribution is 0.324. The first-order chi connectivity index (χ1) is 13.6. The van der Waals surface area contributed by atoms with E-state index in [9.17, 15) is 0 Å². The molecular weight excluding hydrogens is 382 g/mol. The minimum absolute atomic E-state index is 0.424. The highest BCUT2D eigenvalue weighted by atomic mass is 35.5. The molecule has 0 bridgehead atoms. The fourth-order valence-electron chi connectivity index (χ4n) is 2.68. The molecule has 0 amide bonds. The Bertz CT molecular complexity index is 956. The van der Waals surface area contributed by atoms with Crippen molar-refractivity contribution in [2.75, 3.05) is 33.8 Å². The van der Waals surface area contributed by atoms with Gasteiger partial charge < -0.3 is 24.3 Å². The Balaban J connectivity index is 1.94. The van der Waals surface area contributed by atoms with Gasteiger partial charge in [0.15, 0.2) is 11.5 Å². The molecule has 1 N–H and O–H groups in total. The highest BCUT2D eigenvalue weighted by molar-refractivity contribution is 6.32. The molecular formula is C20H20ClN3O4. The van der Waals surface area contributed by atoms with Crippen molar-refractivity contribution in [3.63, 3.8) is 0 Å². The average Bonchev–Trinajstić information content (AvgIpc) is 2.73. The van der Waals surface area contributed by atoms with Crippen LogP contribution in [0.1, 0.15) is 0 Å². The number of methoxy groups -OCH3 is 4. The van der Waals surface area contributed by atoms with E-state index in [2.05, 4.69) is 15.3 Å². The number of rotatable bonds is 7. The summed E-state index contributed by atoms with van der Waals surface area (Å²) < 4.78 is 21.4. The van der Waals surface area contributed by atoms with E-state index in [1.165, 1.54) is 0 Å². The number of hydrogen-bond donors (Lipinski definition) is 1. The Labute approximate surface area is 168 Å². The standard InChI is InChI=1S/C20H20ClN3O4/c1-25-16-6-5-13(11-14(16)21)23-20-22-8-7-15(24-20)12-9-17(26-2)19(28-4)18(10-12)27-3/h5-11H,1-4H3,(H,22,23,24). The molecule has 0 fully saturated rings. The Kier molecular flexibility index (Phi) is 6.06. The van der Waals surface area contributed by atoms with Crippen molar-refractivity contribution < 1.29 is 18.9 Å². The van der Waals surface area contributed by atoms with Crippen LogP contribution in [0.15, 0.2) is 42.6 Å². The van der Waals surface area contributed by atoms with Crippen LogP contribution >= 0.6 is 11.6 Å². The van der Waals surface area contributed by atoms with Crippen LogP contribution in [-0.2, 0) is 0 Å². The zero-order valence-corrected chi connectivity index (χ0v) is 16.7. The minimum atomic E-state index is 0.424. The summed E-state index contributed by atoms with van der Waals surface area (Å²) in [7, 11) is 6.27. The van der Waals surface area contributed by atoms with Crippen LogP contribution in [0.25, 0.3) is 11.3 Å². The molecule has 8 heteroatoms. The van der Waals surface area contributed by atoms with Crippen LogP contribution in [0.4, 0.5) is 11.6 Å². The molecule has 0 saturated carbocycles. The second kappa shape index (κ2) is 8.67. The van der Waals surface area contributed by atoms with E-state index in [0.717, 1.165) is 11.3 Å². The third-order valence-electron chi connectivity index (χ3n) is 4.02. The van der Waals surface area contributed by atoms with E-state index < -0.39 is 0 Å². The van der Waals surface area contributed by atoms with Crippen molar-refractivity contribution in [1.29, 1.82) is 0 Å². The average molecular weight is 402 g/mol. The van der Waals surface area contributed by atoms with Crippen molar-refractivity contribution in [2.24, 2.45) is 0 Å². The number of nitrogens with zero attached hydrogens (tertiary/aromatic N) is 2. The van der Waals surface area contributed by atoms with Crippen molar-refractivity contribution in [3.05, 3.63) is 47.6 Å². The number of hydrogen-bond acceptors (Lipinski definition) is 7. The zero-order chi connectivity index (χ0) is 20.1. The summed E-state index contributed by atoms with van der Waals surface area (Å²) in [5.74, 6) is 2.64. The largest absolute Gasteiger partial charge is 0.495 e. The molecule has 0 aliphatic carbocycles. The summed E-state index contributed by atoms with van der Waals surface area (Å²) in [5.41, 5.74) is 2.23. The maximum atomic E-state index is 6.17. The van der Waals surface area contributed by atoms with Gasteiger partial charge in [-0.1, -0.05) is 11.6 Å². The number of aromatic nitrogens is 2. The van der Waals surface area contributed by atoms with Crippen molar-refractivity contribution in [2.45, 2.75) is 0 Å². The number of benzene rings is 2. The first-order valence-electron chi connectivity index (χ1n) is 8.33. The van der Waals surface area contributed by atoms with Gasteiger partial charge in [0.1, 0.15) is 5.75 Å². The van der Waals surface area contributed by atoms with Gasteiger partial charge in [0, 0.05) is 17.4 Å². The van der Waals surface area contributed by atoms with E-state index in [1.807, 2.05) is 18.2 Å². The summed E-state index contributed by atoms with van der Waals surface area (Å²) in [6.07, 6.45) is 1.67. The highest BCUT2D eigenvalue weighted by Gasteiger charge is 2.15. The molecule has 2 aromatic carbocycles. The lowest BCUT2D eigenvalue weighted by Gasteiger charge is -2.14. The molecule has 3 rings (SSSR count). The van der Waals surface area contributed by atoms with E-state index in [1.54, 1.807) is 52.8 Å². The van der Waals surface area contributed by atoms with Crippen LogP contribution in [0.5, 0.6) is 23.0 Å². The van der Waals surface area contributed by atoms with E-state index in [0.29, 0.717) is 39.7 Å². The first kappa shape index (κ1) is 19.6. The first-order valence-corrected chi connectivity index (χ1v) is 8.71.